The topological polar surface area (TPSA) is 71.5 Å². The minimum absolute atomic E-state index is 0.133. The zero-order valence-electron chi connectivity index (χ0n) is 13.0. The average molecular weight is 320 g/mol. The van der Waals surface area contributed by atoms with E-state index in [1.54, 1.807) is 12.1 Å². The number of para-hydroxylation sites is 1. The molecule has 120 valence electrons. The first kappa shape index (κ1) is 14.5. The van der Waals surface area contributed by atoms with Gasteiger partial charge >= 0.3 is 0 Å². The molecule has 0 saturated carbocycles. The maximum absolute atomic E-state index is 11.6. The van der Waals surface area contributed by atoms with Crippen LogP contribution in [-0.4, -0.2) is 24.2 Å². The first-order valence-corrected chi connectivity index (χ1v) is 7.65. The molecule has 0 aliphatic carbocycles. The number of carbonyl (C=O) groups is 1. The predicted octanol–water partition coefficient (Wildman–Crippen LogP) is 2.34. The number of ether oxygens (including phenoxy) is 2. The van der Waals surface area contributed by atoms with Crippen molar-refractivity contribution < 1.29 is 19.4 Å². The molecule has 3 aromatic rings. The van der Waals surface area contributed by atoms with Crippen molar-refractivity contribution >= 4 is 16.9 Å². The number of hydrogen-bond acceptors (Lipinski definition) is 5. The highest BCUT2D eigenvalue weighted by molar-refractivity contribution is 6.03. The number of aryl methyl sites for hydroxylation is 1. The van der Waals surface area contributed by atoms with Crippen LogP contribution in [0.5, 0.6) is 11.5 Å². The first-order valence-electron chi connectivity index (χ1n) is 7.65. The van der Waals surface area contributed by atoms with Gasteiger partial charge in [-0.05, 0) is 36.8 Å². The van der Waals surface area contributed by atoms with E-state index in [0.717, 1.165) is 11.1 Å². The molecule has 0 spiro atoms. The van der Waals surface area contributed by atoms with Gasteiger partial charge in [0, 0.05) is 16.5 Å². The molecule has 0 unspecified atom stereocenters. The largest absolute Gasteiger partial charge is 0.545 e. The van der Waals surface area contributed by atoms with Gasteiger partial charge in [0.25, 0.3) is 0 Å². The van der Waals surface area contributed by atoms with Crippen LogP contribution in [0, 0.1) is 6.92 Å². The molecule has 2 aromatic carbocycles. The molecular weight excluding hydrogens is 306 g/mol. The minimum atomic E-state index is -1.22. The molecule has 0 amide bonds. The Morgan fingerprint density at radius 3 is 2.67 bits per heavy atom. The van der Waals surface area contributed by atoms with Crippen molar-refractivity contribution in [1.29, 1.82) is 0 Å². The molecule has 0 atom stereocenters. The Labute approximate surface area is 138 Å². The van der Waals surface area contributed by atoms with Crippen LogP contribution >= 0.6 is 0 Å². The van der Waals surface area contributed by atoms with Gasteiger partial charge in [-0.3, -0.25) is 0 Å². The molecule has 5 nitrogen and oxygen atoms in total. The van der Waals surface area contributed by atoms with Crippen molar-refractivity contribution in [3.05, 3.63) is 53.6 Å². The predicted molar refractivity (Wildman–Crippen MR) is 87.2 cm³/mol. The third-order valence-electron chi connectivity index (χ3n) is 4.10. The van der Waals surface area contributed by atoms with Crippen LogP contribution in [0.4, 0.5) is 0 Å². The number of aromatic nitrogens is 1. The molecule has 0 saturated heterocycles. The molecule has 0 N–H and O–H groups in total. The summed E-state index contributed by atoms with van der Waals surface area (Å²) in [5.74, 6) is 0.106. The van der Waals surface area contributed by atoms with Gasteiger partial charge in [-0.2, -0.15) is 0 Å². The van der Waals surface area contributed by atoms with E-state index in [-0.39, 0.29) is 5.56 Å². The van der Waals surface area contributed by atoms with E-state index in [0.29, 0.717) is 41.3 Å². The average Bonchev–Trinajstić information content (AvgIpc) is 2.61. The van der Waals surface area contributed by atoms with Crippen LogP contribution < -0.4 is 14.6 Å². The van der Waals surface area contributed by atoms with Crippen molar-refractivity contribution in [2.24, 2.45) is 0 Å². The summed E-state index contributed by atoms with van der Waals surface area (Å²) in [5, 5.41) is 12.1. The highest BCUT2D eigenvalue weighted by Gasteiger charge is 2.15. The molecule has 0 radical (unpaired) electrons. The Hall–Kier alpha value is -3.08. The summed E-state index contributed by atoms with van der Waals surface area (Å²) in [6.07, 6.45) is 0. The van der Waals surface area contributed by atoms with Crippen molar-refractivity contribution in [2.75, 3.05) is 13.2 Å². The lowest BCUT2D eigenvalue weighted by Gasteiger charge is -2.19. The van der Waals surface area contributed by atoms with Crippen LogP contribution in [0.1, 0.15) is 15.9 Å². The molecular formula is C19H14NO4-. The number of nitrogens with zero attached hydrogens (tertiary/aromatic N) is 1. The SMILES string of the molecule is Cc1cccc2c(C(=O)[O-])cc(-c3ccc4c(c3)OCCO4)nc12. The fourth-order valence-electron chi connectivity index (χ4n) is 2.91. The Morgan fingerprint density at radius 2 is 1.88 bits per heavy atom. The molecule has 1 aromatic heterocycles. The summed E-state index contributed by atoms with van der Waals surface area (Å²) in [6.45, 7) is 2.92. The monoisotopic (exact) mass is 320 g/mol. The summed E-state index contributed by atoms with van der Waals surface area (Å²) in [4.78, 5) is 16.2. The smallest absolute Gasteiger partial charge is 0.162 e. The number of aromatic carboxylic acids is 1. The van der Waals surface area contributed by atoms with Gasteiger partial charge in [-0.1, -0.05) is 18.2 Å². The summed E-state index contributed by atoms with van der Waals surface area (Å²) >= 11 is 0. The molecule has 5 heteroatoms. The van der Waals surface area contributed by atoms with E-state index in [1.807, 2.05) is 37.3 Å². The second kappa shape index (κ2) is 5.53. The van der Waals surface area contributed by atoms with Gasteiger partial charge in [0.05, 0.1) is 17.2 Å². The quantitative estimate of drug-likeness (QED) is 0.725. The Bertz CT molecular complexity index is 965. The normalized spacial score (nSPS) is 13.0. The lowest BCUT2D eigenvalue weighted by molar-refractivity contribution is -0.254. The fraction of sp³-hybridized carbons (Fsp3) is 0.158. The van der Waals surface area contributed by atoms with Crippen LogP contribution in [0.25, 0.3) is 22.2 Å². The van der Waals surface area contributed by atoms with Crippen LogP contribution in [0.3, 0.4) is 0 Å². The van der Waals surface area contributed by atoms with Gasteiger partial charge in [0.2, 0.25) is 0 Å². The van der Waals surface area contributed by atoms with E-state index in [9.17, 15) is 9.90 Å². The molecule has 24 heavy (non-hydrogen) atoms. The number of carbonyl (C=O) groups excluding carboxylic acids is 1. The second-order valence-corrected chi connectivity index (χ2v) is 5.67. The van der Waals surface area contributed by atoms with Gasteiger partial charge in [-0.15, -0.1) is 0 Å². The maximum Gasteiger partial charge on any atom is 0.162 e. The summed E-state index contributed by atoms with van der Waals surface area (Å²) < 4.78 is 11.1. The Balaban J connectivity index is 1.94. The number of benzene rings is 2. The number of carboxylic acids is 1. The van der Waals surface area contributed by atoms with E-state index >= 15 is 0 Å². The number of carboxylic acid groups (broad SMARTS) is 1. The van der Waals surface area contributed by atoms with Crippen molar-refractivity contribution in [1.82, 2.24) is 4.98 Å². The van der Waals surface area contributed by atoms with Gasteiger partial charge in [-0.25, -0.2) is 4.98 Å². The number of fused-ring (bicyclic) bond motifs is 2. The molecule has 4 rings (SSSR count). The Kier molecular flexibility index (Phi) is 3.34. The van der Waals surface area contributed by atoms with Crippen LogP contribution in [0.2, 0.25) is 0 Å². The highest BCUT2D eigenvalue weighted by Crippen LogP contribution is 2.35. The summed E-state index contributed by atoms with van der Waals surface area (Å²) in [6, 6.07) is 12.5. The van der Waals surface area contributed by atoms with Gasteiger partial charge in [0.1, 0.15) is 13.2 Å². The maximum atomic E-state index is 11.6. The number of hydrogen-bond donors (Lipinski definition) is 0. The van der Waals surface area contributed by atoms with Crippen molar-refractivity contribution in [3.63, 3.8) is 0 Å². The summed E-state index contributed by atoms with van der Waals surface area (Å²) in [5.41, 5.74) is 3.03. The van der Waals surface area contributed by atoms with E-state index < -0.39 is 5.97 Å². The first-order chi connectivity index (χ1) is 11.6. The molecule has 1 aliphatic rings. The third-order valence-corrected chi connectivity index (χ3v) is 4.10. The third kappa shape index (κ3) is 2.34. The zero-order valence-corrected chi connectivity index (χ0v) is 13.0. The lowest BCUT2D eigenvalue weighted by atomic mass is 10.0. The highest BCUT2D eigenvalue weighted by atomic mass is 16.6. The van der Waals surface area contributed by atoms with E-state index in [1.165, 1.54) is 0 Å². The van der Waals surface area contributed by atoms with Crippen molar-refractivity contribution in [3.8, 4) is 22.8 Å². The molecule has 0 bridgehead atoms. The standard InChI is InChI=1S/C19H15NO4/c1-11-3-2-4-13-14(19(21)22)10-15(20-18(11)13)12-5-6-16-17(9-12)24-8-7-23-16/h2-6,9-10H,7-8H2,1H3,(H,21,22)/p-1. The molecule has 0 fully saturated rings. The lowest BCUT2D eigenvalue weighted by Crippen LogP contribution is -2.22. The molecule has 1 aliphatic heterocycles. The zero-order chi connectivity index (χ0) is 16.7. The fourth-order valence-corrected chi connectivity index (χ4v) is 2.91. The Morgan fingerprint density at radius 1 is 1.08 bits per heavy atom. The second-order valence-electron chi connectivity index (χ2n) is 5.67. The van der Waals surface area contributed by atoms with Crippen LogP contribution in [-0.2, 0) is 0 Å². The van der Waals surface area contributed by atoms with E-state index in [4.69, 9.17) is 9.47 Å². The number of pyridine rings is 1. The van der Waals surface area contributed by atoms with Gasteiger partial charge < -0.3 is 19.4 Å². The van der Waals surface area contributed by atoms with Crippen LogP contribution in [0.15, 0.2) is 42.5 Å². The summed E-state index contributed by atoms with van der Waals surface area (Å²) in [7, 11) is 0. The van der Waals surface area contributed by atoms with E-state index in [2.05, 4.69) is 4.98 Å². The minimum Gasteiger partial charge on any atom is -0.545 e. The molecule has 2 heterocycles. The van der Waals surface area contributed by atoms with Gasteiger partial charge in [0.15, 0.2) is 11.5 Å². The number of rotatable bonds is 2. The van der Waals surface area contributed by atoms with Crippen molar-refractivity contribution in [2.45, 2.75) is 6.92 Å².